The Morgan fingerprint density at radius 2 is 2.43 bits per heavy atom. The third-order valence-electron chi connectivity index (χ3n) is 0.437. The number of hydrogen-bond acceptors (Lipinski definition) is 3. The molecular formula is C4H8NO2-. The lowest BCUT2D eigenvalue weighted by atomic mass is 10.7. The van der Waals surface area contributed by atoms with Crippen molar-refractivity contribution in [1.29, 1.82) is 5.41 Å². The van der Waals surface area contributed by atoms with E-state index in [9.17, 15) is 5.11 Å². The molecule has 0 radical (unpaired) electrons. The van der Waals surface area contributed by atoms with Crippen LogP contribution in [0.1, 0.15) is 6.92 Å². The zero-order valence-electron chi connectivity index (χ0n) is 4.23. The van der Waals surface area contributed by atoms with Crippen LogP contribution in [0.4, 0.5) is 0 Å². The van der Waals surface area contributed by atoms with Crippen LogP contribution in [0, 0.1) is 5.41 Å². The molecule has 0 aliphatic heterocycles. The number of hydrogen-bond donors (Lipinski definition) is 1. The summed E-state index contributed by atoms with van der Waals surface area (Å²) in [7, 11) is 0. The molecule has 42 valence electrons. The maximum Gasteiger partial charge on any atom is 0.0740 e. The van der Waals surface area contributed by atoms with Gasteiger partial charge in [-0.3, -0.25) is 0 Å². The highest BCUT2D eigenvalue weighted by molar-refractivity contribution is 5.68. The van der Waals surface area contributed by atoms with Crippen molar-refractivity contribution in [3.8, 4) is 0 Å². The van der Waals surface area contributed by atoms with Crippen molar-refractivity contribution < 1.29 is 9.84 Å². The fourth-order valence-corrected chi connectivity index (χ4v) is 0.195. The molecule has 0 rings (SSSR count). The maximum atomic E-state index is 9.74. The molecule has 7 heavy (non-hydrogen) atoms. The van der Waals surface area contributed by atoms with Crippen LogP contribution in [-0.2, 0) is 4.74 Å². The molecule has 0 aliphatic carbocycles. The quantitative estimate of drug-likeness (QED) is 0.380. The Kier molecular flexibility index (Phi) is 3.32. The highest BCUT2D eigenvalue weighted by Gasteiger charge is 1.75. The largest absolute Gasteiger partial charge is 0.861 e. The molecule has 0 fully saturated rings. The van der Waals surface area contributed by atoms with Crippen molar-refractivity contribution in [1.82, 2.24) is 0 Å². The average Bonchev–Trinajstić information content (AvgIpc) is 1.61. The highest BCUT2D eigenvalue weighted by Crippen LogP contribution is 1.67. The van der Waals surface area contributed by atoms with Gasteiger partial charge in [-0.05, 0) is 12.8 Å². The summed E-state index contributed by atoms with van der Waals surface area (Å²) >= 11 is 0. The molecule has 0 aromatic heterocycles. The summed E-state index contributed by atoms with van der Waals surface area (Å²) in [5, 5.41) is 16.1. The third kappa shape index (κ3) is 5.43. The fourth-order valence-electron chi connectivity index (χ4n) is 0.195. The van der Waals surface area contributed by atoms with E-state index in [2.05, 4.69) is 4.74 Å². The summed E-state index contributed by atoms with van der Waals surface area (Å²) in [6.45, 7) is 2.21. The van der Waals surface area contributed by atoms with Gasteiger partial charge in [0, 0.05) is 6.61 Å². The van der Waals surface area contributed by atoms with Gasteiger partial charge in [0.25, 0.3) is 0 Å². The number of nitrogens with one attached hydrogen (secondary N) is 1. The molecule has 0 unspecified atom stereocenters. The Balaban J connectivity index is 2.82. The zero-order chi connectivity index (χ0) is 5.70. The molecule has 0 spiro atoms. The van der Waals surface area contributed by atoms with Gasteiger partial charge in [-0.2, -0.15) is 0 Å². The Labute approximate surface area is 42.4 Å². The smallest absolute Gasteiger partial charge is 0.0740 e. The summed E-state index contributed by atoms with van der Waals surface area (Å²) in [4.78, 5) is 0. The van der Waals surface area contributed by atoms with Gasteiger partial charge in [0.2, 0.25) is 0 Å². The number of ether oxygens (including phenoxy) is 1. The van der Waals surface area contributed by atoms with Crippen LogP contribution < -0.4 is 5.11 Å². The second-order valence-corrected chi connectivity index (χ2v) is 1.06. The van der Waals surface area contributed by atoms with E-state index in [0.29, 0.717) is 6.61 Å². The first kappa shape index (κ1) is 6.43. The molecule has 0 aromatic carbocycles. The fraction of sp³-hybridized carbons (Fsp3) is 0.750. The molecule has 0 aromatic rings. The average molecular weight is 102 g/mol. The minimum Gasteiger partial charge on any atom is -0.861 e. The normalized spacial score (nSPS) is 8.71. The van der Waals surface area contributed by atoms with Gasteiger partial charge in [0.15, 0.2) is 0 Å². The predicted octanol–water partition coefficient (Wildman–Crippen LogP) is -0.640. The molecule has 0 atom stereocenters. The third-order valence-corrected chi connectivity index (χ3v) is 0.437. The van der Waals surface area contributed by atoms with Gasteiger partial charge < -0.3 is 15.3 Å². The van der Waals surface area contributed by atoms with E-state index < -0.39 is 5.90 Å². The van der Waals surface area contributed by atoms with E-state index in [-0.39, 0.29) is 6.61 Å². The van der Waals surface area contributed by atoms with E-state index in [0.717, 1.165) is 0 Å². The van der Waals surface area contributed by atoms with Crippen LogP contribution in [0.15, 0.2) is 0 Å². The lowest BCUT2D eigenvalue weighted by Crippen LogP contribution is -2.21. The van der Waals surface area contributed by atoms with Gasteiger partial charge >= 0.3 is 0 Å². The molecular weight excluding hydrogens is 94.0 g/mol. The van der Waals surface area contributed by atoms with E-state index in [1.54, 1.807) is 6.92 Å². The summed E-state index contributed by atoms with van der Waals surface area (Å²) in [5.41, 5.74) is 0. The van der Waals surface area contributed by atoms with Crippen molar-refractivity contribution >= 4 is 5.90 Å². The van der Waals surface area contributed by atoms with Gasteiger partial charge in [0.1, 0.15) is 0 Å². The van der Waals surface area contributed by atoms with Crippen LogP contribution in [0.3, 0.4) is 0 Å². The van der Waals surface area contributed by atoms with Gasteiger partial charge in [-0.15, -0.1) is 0 Å². The second-order valence-electron chi connectivity index (χ2n) is 1.06. The Morgan fingerprint density at radius 1 is 1.86 bits per heavy atom. The first-order chi connectivity index (χ1) is 3.27. The van der Waals surface area contributed by atoms with E-state index in [1.165, 1.54) is 0 Å². The molecule has 3 heteroatoms. The van der Waals surface area contributed by atoms with E-state index >= 15 is 0 Å². The molecule has 0 saturated carbocycles. The second kappa shape index (κ2) is 3.61. The first-order valence-corrected chi connectivity index (χ1v) is 2.09. The van der Waals surface area contributed by atoms with Crippen molar-refractivity contribution in [2.75, 3.05) is 13.2 Å². The zero-order valence-corrected chi connectivity index (χ0v) is 4.23. The van der Waals surface area contributed by atoms with E-state index in [1.807, 2.05) is 0 Å². The summed E-state index contributed by atoms with van der Waals surface area (Å²) in [6.07, 6.45) is 0. The molecule has 0 heterocycles. The summed E-state index contributed by atoms with van der Waals surface area (Å²) < 4.78 is 4.56. The van der Waals surface area contributed by atoms with Gasteiger partial charge in [-0.1, -0.05) is 0 Å². The molecule has 0 bridgehead atoms. The minimum atomic E-state index is -0.665. The molecule has 0 saturated heterocycles. The van der Waals surface area contributed by atoms with Crippen molar-refractivity contribution in [2.45, 2.75) is 6.92 Å². The van der Waals surface area contributed by atoms with Gasteiger partial charge in [0.05, 0.1) is 6.61 Å². The van der Waals surface area contributed by atoms with E-state index in [4.69, 9.17) is 5.41 Å². The lowest BCUT2D eigenvalue weighted by Gasteiger charge is -2.04. The minimum absolute atomic E-state index is 0.0729. The molecule has 3 nitrogen and oxygen atoms in total. The monoisotopic (exact) mass is 102 g/mol. The Hall–Kier alpha value is -0.570. The van der Waals surface area contributed by atoms with Crippen LogP contribution in [0.2, 0.25) is 0 Å². The first-order valence-electron chi connectivity index (χ1n) is 2.09. The highest BCUT2D eigenvalue weighted by atomic mass is 16.5. The predicted molar refractivity (Wildman–Crippen MR) is 24.2 cm³/mol. The lowest BCUT2D eigenvalue weighted by molar-refractivity contribution is -0.224. The molecule has 1 N–H and O–H groups in total. The van der Waals surface area contributed by atoms with Crippen molar-refractivity contribution in [3.63, 3.8) is 0 Å². The van der Waals surface area contributed by atoms with Crippen LogP contribution in [-0.4, -0.2) is 19.1 Å². The Bertz CT molecular complexity index is 62.7. The van der Waals surface area contributed by atoms with Crippen molar-refractivity contribution in [3.05, 3.63) is 0 Å². The molecule has 0 amide bonds. The van der Waals surface area contributed by atoms with Crippen LogP contribution in [0.25, 0.3) is 0 Å². The van der Waals surface area contributed by atoms with Gasteiger partial charge in [-0.25, -0.2) is 0 Å². The Morgan fingerprint density at radius 3 is 2.57 bits per heavy atom. The molecule has 0 aliphatic rings. The van der Waals surface area contributed by atoms with Crippen LogP contribution in [0.5, 0.6) is 0 Å². The van der Waals surface area contributed by atoms with Crippen molar-refractivity contribution in [2.24, 2.45) is 0 Å². The SMILES string of the molecule is CCOCC(=N)[O-]. The number of rotatable bonds is 3. The maximum absolute atomic E-state index is 9.74. The van der Waals surface area contributed by atoms with Crippen LogP contribution >= 0.6 is 0 Å². The topological polar surface area (TPSA) is 56.1 Å². The standard InChI is InChI=1S/C4H9NO2/c1-2-7-3-4(5)6/h2-3H2,1H3,(H2,5,6)/p-1. The summed E-state index contributed by atoms with van der Waals surface area (Å²) in [6, 6.07) is 0. The summed E-state index contributed by atoms with van der Waals surface area (Å²) in [5.74, 6) is -0.665.